The maximum atomic E-state index is 12.6. The fourth-order valence-corrected chi connectivity index (χ4v) is 5.79. The summed E-state index contributed by atoms with van der Waals surface area (Å²) in [6.45, 7) is 7.15. The minimum atomic E-state index is -3.45. The first-order valence-corrected chi connectivity index (χ1v) is 10.1. The molecule has 24 heavy (non-hydrogen) atoms. The zero-order chi connectivity index (χ0) is 17.5. The van der Waals surface area contributed by atoms with E-state index in [0.717, 1.165) is 16.3 Å². The zero-order valence-electron chi connectivity index (χ0n) is 14.0. The Morgan fingerprint density at radius 2 is 1.79 bits per heavy atom. The lowest BCUT2D eigenvalue weighted by Gasteiger charge is -2.33. The standard InChI is InChI=1S/C16H21N3O3S2/c1-11-10-14(13(3)17-11)16(20)18-6-8-19(9-7-18)24(21,22)15-5-4-12(2)23-15/h4-5,10,17H,6-9H2,1-3H3. The number of aryl methyl sites for hydroxylation is 3. The number of carbonyl (C=O) groups excluding carboxylic acids is 1. The predicted molar refractivity (Wildman–Crippen MR) is 94.0 cm³/mol. The number of rotatable bonds is 3. The van der Waals surface area contributed by atoms with Gasteiger partial charge in [-0.1, -0.05) is 0 Å². The van der Waals surface area contributed by atoms with Crippen LogP contribution in [0.3, 0.4) is 0 Å². The third-order valence-corrected chi connectivity index (χ3v) is 7.58. The van der Waals surface area contributed by atoms with Crippen LogP contribution < -0.4 is 0 Å². The van der Waals surface area contributed by atoms with Crippen molar-refractivity contribution in [2.24, 2.45) is 0 Å². The lowest BCUT2D eigenvalue weighted by molar-refractivity contribution is 0.0697. The Hall–Kier alpha value is -1.64. The van der Waals surface area contributed by atoms with Crippen LogP contribution in [0.25, 0.3) is 0 Å². The minimum absolute atomic E-state index is 0.0409. The number of aromatic nitrogens is 1. The second-order valence-corrected chi connectivity index (χ2v) is 9.51. The minimum Gasteiger partial charge on any atom is -0.362 e. The molecule has 2 aromatic heterocycles. The Bertz CT molecular complexity index is 859. The lowest BCUT2D eigenvalue weighted by atomic mass is 10.2. The fraction of sp³-hybridized carbons (Fsp3) is 0.438. The molecule has 1 N–H and O–H groups in total. The molecule has 0 aliphatic carbocycles. The summed E-state index contributed by atoms with van der Waals surface area (Å²) in [6, 6.07) is 5.31. The molecule has 1 amide bonds. The molecule has 1 aliphatic rings. The molecule has 0 saturated carbocycles. The molecule has 3 heterocycles. The normalized spacial score (nSPS) is 16.5. The van der Waals surface area contributed by atoms with E-state index in [-0.39, 0.29) is 5.91 Å². The van der Waals surface area contributed by atoms with Gasteiger partial charge in [-0.15, -0.1) is 11.3 Å². The number of thiophene rings is 1. The topological polar surface area (TPSA) is 73.5 Å². The molecule has 1 saturated heterocycles. The van der Waals surface area contributed by atoms with E-state index in [4.69, 9.17) is 0 Å². The highest BCUT2D eigenvalue weighted by Crippen LogP contribution is 2.25. The van der Waals surface area contributed by atoms with Gasteiger partial charge in [0.1, 0.15) is 4.21 Å². The Balaban J connectivity index is 1.70. The second-order valence-electron chi connectivity index (χ2n) is 6.05. The molecular weight excluding hydrogens is 346 g/mol. The molecule has 1 aliphatic heterocycles. The van der Waals surface area contributed by atoms with Crippen molar-refractivity contribution < 1.29 is 13.2 Å². The van der Waals surface area contributed by atoms with Crippen molar-refractivity contribution in [1.29, 1.82) is 0 Å². The smallest absolute Gasteiger partial charge is 0.255 e. The van der Waals surface area contributed by atoms with Gasteiger partial charge in [-0.3, -0.25) is 4.79 Å². The van der Waals surface area contributed by atoms with Crippen LogP contribution in [0.15, 0.2) is 22.4 Å². The highest BCUT2D eigenvalue weighted by atomic mass is 32.2. The van der Waals surface area contributed by atoms with E-state index in [1.807, 2.05) is 32.9 Å². The molecule has 0 bridgehead atoms. The van der Waals surface area contributed by atoms with E-state index in [1.165, 1.54) is 15.6 Å². The van der Waals surface area contributed by atoms with E-state index in [2.05, 4.69) is 4.98 Å². The number of nitrogens with one attached hydrogen (secondary N) is 1. The van der Waals surface area contributed by atoms with Crippen LogP contribution in [0.4, 0.5) is 0 Å². The van der Waals surface area contributed by atoms with Gasteiger partial charge < -0.3 is 9.88 Å². The molecule has 2 aromatic rings. The summed E-state index contributed by atoms with van der Waals surface area (Å²) in [5.74, 6) is -0.0409. The summed E-state index contributed by atoms with van der Waals surface area (Å²) in [4.78, 5) is 18.4. The largest absolute Gasteiger partial charge is 0.362 e. The summed E-state index contributed by atoms with van der Waals surface area (Å²) in [6.07, 6.45) is 0. The van der Waals surface area contributed by atoms with Crippen molar-refractivity contribution in [2.75, 3.05) is 26.2 Å². The van der Waals surface area contributed by atoms with Crippen LogP contribution in [0.1, 0.15) is 26.6 Å². The number of piperazine rings is 1. The molecule has 0 radical (unpaired) electrons. The van der Waals surface area contributed by atoms with Gasteiger partial charge in [0, 0.05) is 42.4 Å². The molecule has 0 unspecified atom stereocenters. The van der Waals surface area contributed by atoms with Crippen molar-refractivity contribution in [3.05, 3.63) is 40.0 Å². The SMILES string of the molecule is Cc1cc(C(=O)N2CCN(S(=O)(=O)c3ccc(C)s3)CC2)c(C)[nH]1. The molecule has 0 spiro atoms. The van der Waals surface area contributed by atoms with E-state index in [0.29, 0.717) is 36.0 Å². The number of aromatic amines is 1. The zero-order valence-corrected chi connectivity index (χ0v) is 15.6. The number of nitrogens with zero attached hydrogens (tertiary/aromatic N) is 2. The number of amides is 1. The van der Waals surface area contributed by atoms with E-state index in [9.17, 15) is 13.2 Å². The van der Waals surface area contributed by atoms with Crippen LogP contribution in [-0.4, -0.2) is 54.7 Å². The van der Waals surface area contributed by atoms with E-state index < -0.39 is 10.0 Å². The molecule has 3 rings (SSSR count). The van der Waals surface area contributed by atoms with E-state index >= 15 is 0 Å². The van der Waals surface area contributed by atoms with E-state index in [1.54, 1.807) is 11.0 Å². The average molecular weight is 367 g/mol. The summed E-state index contributed by atoms with van der Waals surface area (Å²) in [7, 11) is -3.45. The summed E-state index contributed by atoms with van der Waals surface area (Å²) < 4.78 is 27.1. The van der Waals surface area contributed by atoms with Crippen molar-refractivity contribution in [2.45, 2.75) is 25.0 Å². The van der Waals surface area contributed by atoms with Crippen LogP contribution >= 0.6 is 11.3 Å². The molecule has 130 valence electrons. The third kappa shape index (κ3) is 3.13. The maximum Gasteiger partial charge on any atom is 0.255 e. The first-order chi connectivity index (χ1) is 11.3. The first kappa shape index (κ1) is 17.2. The van der Waals surface area contributed by atoms with Crippen LogP contribution in [-0.2, 0) is 10.0 Å². The van der Waals surface area contributed by atoms with Gasteiger partial charge in [-0.2, -0.15) is 4.31 Å². The molecule has 0 aromatic carbocycles. The van der Waals surface area contributed by atoms with Gasteiger partial charge in [0.25, 0.3) is 15.9 Å². The molecule has 0 atom stereocenters. The molecule has 1 fully saturated rings. The number of sulfonamides is 1. The van der Waals surface area contributed by atoms with Gasteiger partial charge >= 0.3 is 0 Å². The fourth-order valence-electron chi connectivity index (χ4n) is 2.93. The van der Waals surface area contributed by atoms with Crippen molar-refractivity contribution >= 4 is 27.3 Å². The number of carbonyl (C=O) groups is 1. The Kier molecular flexibility index (Phi) is 4.54. The summed E-state index contributed by atoms with van der Waals surface area (Å²) in [5.41, 5.74) is 2.46. The predicted octanol–water partition coefficient (Wildman–Crippen LogP) is 2.15. The monoisotopic (exact) mass is 367 g/mol. The van der Waals surface area contributed by atoms with Gasteiger partial charge in [-0.05, 0) is 39.0 Å². The van der Waals surface area contributed by atoms with Crippen LogP contribution in [0, 0.1) is 20.8 Å². The van der Waals surface area contributed by atoms with Gasteiger partial charge in [-0.25, -0.2) is 8.42 Å². The second kappa shape index (κ2) is 6.34. The number of hydrogen-bond donors (Lipinski definition) is 1. The number of H-pyrrole nitrogens is 1. The van der Waals surface area contributed by atoms with Crippen molar-refractivity contribution in [3.8, 4) is 0 Å². The van der Waals surface area contributed by atoms with Crippen molar-refractivity contribution in [3.63, 3.8) is 0 Å². The highest BCUT2D eigenvalue weighted by molar-refractivity contribution is 7.91. The molecule has 6 nitrogen and oxygen atoms in total. The first-order valence-electron chi connectivity index (χ1n) is 7.81. The Morgan fingerprint density at radius 3 is 2.29 bits per heavy atom. The Labute approximate surface area is 146 Å². The molecular formula is C16H21N3O3S2. The maximum absolute atomic E-state index is 12.6. The van der Waals surface area contributed by atoms with Gasteiger partial charge in [0.15, 0.2) is 0 Å². The summed E-state index contributed by atoms with van der Waals surface area (Å²) in [5, 5.41) is 0. The van der Waals surface area contributed by atoms with Crippen molar-refractivity contribution in [1.82, 2.24) is 14.2 Å². The van der Waals surface area contributed by atoms with Gasteiger partial charge in [0.05, 0.1) is 5.56 Å². The lowest BCUT2D eigenvalue weighted by Crippen LogP contribution is -2.50. The number of hydrogen-bond acceptors (Lipinski definition) is 4. The van der Waals surface area contributed by atoms with Crippen LogP contribution in [0.5, 0.6) is 0 Å². The van der Waals surface area contributed by atoms with Gasteiger partial charge in [0.2, 0.25) is 0 Å². The molecule has 8 heteroatoms. The quantitative estimate of drug-likeness (QED) is 0.903. The Morgan fingerprint density at radius 1 is 1.12 bits per heavy atom. The third-order valence-electron chi connectivity index (χ3n) is 4.22. The summed E-state index contributed by atoms with van der Waals surface area (Å²) >= 11 is 1.28. The highest BCUT2D eigenvalue weighted by Gasteiger charge is 2.31. The van der Waals surface area contributed by atoms with Crippen LogP contribution in [0.2, 0.25) is 0 Å². The average Bonchev–Trinajstić information content (AvgIpc) is 3.12.